The third-order valence-corrected chi connectivity index (χ3v) is 4.42. The minimum atomic E-state index is -0.164. The van der Waals surface area contributed by atoms with Gasteiger partial charge in [0.25, 0.3) is 5.91 Å². The van der Waals surface area contributed by atoms with Crippen LogP contribution in [-0.2, 0) is 11.3 Å². The number of likely N-dealkylation sites (N-methyl/N-ethyl adjacent to an activating group) is 1. The van der Waals surface area contributed by atoms with Crippen LogP contribution < -0.4 is 4.74 Å². The lowest BCUT2D eigenvalue weighted by atomic mass is 10.1. The van der Waals surface area contributed by atoms with Gasteiger partial charge in [-0.05, 0) is 44.0 Å². The van der Waals surface area contributed by atoms with E-state index in [-0.39, 0.29) is 19.1 Å². The Hall–Kier alpha value is -3.15. The highest BCUT2D eigenvalue weighted by Gasteiger charge is 2.15. The van der Waals surface area contributed by atoms with E-state index in [4.69, 9.17) is 9.26 Å². The van der Waals surface area contributed by atoms with Gasteiger partial charge in [-0.15, -0.1) is 0 Å². The second kappa shape index (κ2) is 8.03. The van der Waals surface area contributed by atoms with Crippen LogP contribution in [0.3, 0.4) is 0 Å². The van der Waals surface area contributed by atoms with Crippen LogP contribution in [0.1, 0.15) is 22.6 Å². The molecule has 3 aromatic rings. The van der Waals surface area contributed by atoms with Crippen LogP contribution in [-0.4, -0.2) is 34.6 Å². The molecule has 3 rings (SSSR count). The Balaban J connectivity index is 1.56. The molecule has 1 amide bonds. The van der Waals surface area contributed by atoms with E-state index in [1.165, 1.54) is 10.5 Å². The summed E-state index contributed by atoms with van der Waals surface area (Å²) in [6.45, 7) is 6.25. The van der Waals surface area contributed by atoms with E-state index < -0.39 is 0 Å². The van der Waals surface area contributed by atoms with Crippen LogP contribution in [0.5, 0.6) is 5.75 Å². The molecule has 140 valence electrons. The van der Waals surface area contributed by atoms with E-state index in [9.17, 15) is 4.79 Å². The molecule has 1 aromatic heterocycles. The minimum Gasteiger partial charge on any atom is -0.484 e. The molecule has 0 aliphatic rings. The Morgan fingerprint density at radius 3 is 2.52 bits per heavy atom. The zero-order valence-electron chi connectivity index (χ0n) is 16.0. The molecule has 0 aliphatic heterocycles. The SMILES string of the molecule is Cc1ccc(-c2noc(CN(C)C(=O)COc3ccc(C)c(C)c3)n2)cc1. The first-order valence-corrected chi connectivity index (χ1v) is 8.76. The second-order valence-electron chi connectivity index (χ2n) is 6.66. The molecule has 0 N–H and O–H groups in total. The van der Waals surface area contributed by atoms with E-state index in [2.05, 4.69) is 10.1 Å². The fourth-order valence-corrected chi connectivity index (χ4v) is 2.49. The van der Waals surface area contributed by atoms with Gasteiger partial charge in [0.1, 0.15) is 5.75 Å². The summed E-state index contributed by atoms with van der Waals surface area (Å²) < 4.78 is 10.9. The zero-order valence-corrected chi connectivity index (χ0v) is 16.0. The van der Waals surface area contributed by atoms with Gasteiger partial charge in [0.05, 0.1) is 6.54 Å². The Kier molecular flexibility index (Phi) is 5.54. The van der Waals surface area contributed by atoms with Gasteiger partial charge in [0.2, 0.25) is 11.7 Å². The predicted octanol–water partition coefficient (Wildman–Crippen LogP) is 3.70. The maximum atomic E-state index is 12.3. The topological polar surface area (TPSA) is 68.5 Å². The first-order valence-electron chi connectivity index (χ1n) is 8.76. The predicted molar refractivity (Wildman–Crippen MR) is 102 cm³/mol. The van der Waals surface area contributed by atoms with Crippen molar-refractivity contribution in [2.24, 2.45) is 0 Å². The fraction of sp³-hybridized carbons (Fsp3) is 0.286. The summed E-state index contributed by atoms with van der Waals surface area (Å²) in [6.07, 6.45) is 0. The van der Waals surface area contributed by atoms with Crippen molar-refractivity contribution in [1.82, 2.24) is 15.0 Å². The molecule has 0 radical (unpaired) electrons. The smallest absolute Gasteiger partial charge is 0.260 e. The second-order valence-corrected chi connectivity index (χ2v) is 6.66. The molecule has 2 aromatic carbocycles. The zero-order chi connectivity index (χ0) is 19.4. The number of hydrogen-bond donors (Lipinski definition) is 0. The molecular formula is C21H23N3O3. The highest BCUT2D eigenvalue weighted by Crippen LogP contribution is 2.18. The Labute approximate surface area is 158 Å². The molecule has 0 atom stereocenters. The minimum absolute atomic E-state index is 0.0437. The summed E-state index contributed by atoms with van der Waals surface area (Å²) in [6, 6.07) is 13.6. The average Bonchev–Trinajstić information content (AvgIpc) is 3.11. The molecule has 6 heteroatoms. The van der Waals surface area contributed by atoms with Gasteiger partial charge in [-0.25, -0.2) is 0 Å². The molecule has 0 aliphatic carbocycles. The maximum absolute atomic E-state index is 12.3. The van der Waals surface area contributed by atoms with E-state index in [1.54, 1.807) is 7.05 Å². The number of carbonyl (C=O) groups excluding carboxylic acids is 1. The first-order chi connectivity index (χ1) is 12.9. The molecule has 27 heavy (non-hydrogen) atoms. The summed E-state index contributed by atoms with van der Waals surface area (Å²) in [5.74, 6) is 1.41. The number of aromatic nitrogens is 2. The van der Waals surface area contributed by atoms with Gasteiger partial charge < -0.3 is 14.2 Å². The van der Waals surface area contributed by atoms with E-state index in [0.717, 1.165) is 16.7 Å². The van der Waals surface area contributed by atoms with Crippen LogP contribution in [0, 0.1) is 20.8 Å². The van der Waals surface area contributed by atoms with E-state index >= 15 is 0 Å². The number of amides is 1. The number of ether oxygens (including phenoxy) is 1. The monoisotopic (exact) mass is 365 g/mol. The van der Waals surface area contributed by atoms with Crippen molar-refractivity contribution in [3.63, 3.8) is 0 Å². The van der Waals surface area contributed by atoms with E-state index in [1.807, 2.05) is 63.2 Å². The molecule has 0 fully saturated rings. The van der Waals surface area contributed by atoms with Gasteiger partial charge in [-0.1, -0.05) is 41.1 Å². The normalized spacial score (nSPS) is 10.7. The number of carbonyl (C=O) groups is 1. The van der Waals surface area contributed by atoms with Crippen LogP contribution >= 0.6 is 0 Å². The lowest BCUT2D eigenvalue weighted by Gasteiger charge is -2.15. The van der Waals surface area contributed by atoms with Crippen molar-refractivity contribution >= 4 is 5.91 Å². The molecule has 0 bridgehead atoms. The average molecular weight is 365 g/mol. The van der Waals surface area contributed by atoms with Crippen LogP contribution in [0.4, 0.5) is 0 Å². The summed E-state index contributed by atoms with van der Waals surface area (Å²) in [4.78, 5) is 18.2. The number of hydrogen-bond acceptors (Lipinski definition) is 5. The largest absolute Gasteiger partial charge is 0.484 e. The fourth-order valence-electron chi connectivity index (χ4n) is 2.49. The van der Waals surface area contributed by atoms with Crippen LogP contribution in [0.15, 0.2) is 47.0 Å². The summed E-state index contributed by atoms with van der Waals surface area (Å²) in [7, 11) is 1.68. The molecule has 0 unspecified atom stereocenters. The highest BCUT2D eigenvalue weighted by molar-refractivity contribution is 5.77. The molecule has 0 saturated carbocycles. The third-order valence-electron chi connectivity index (χ3n) is 4.42. The Bertz CT molecular complexity index is 932. The molecule has 0 saturated heterocycles. The van der Waals surface area contributed by atoms with Crippen molar-refractivity contribution in [3.05, 3.63) is 65.0 Å². The number of aryl methyl sites for hydroxylation is 3. The maximum Gasteiger partial charge on any atom is 0.260 e. The molecular weight excluding hydrogens is 342 g/mol. The van der Waals surface area contributed by atoms with Crippen molar-refractivity contribution in [3.8, 4) is 17.1 Å². The lowest BCUT2D eigenvalue weighted by molar-refractivity contribution is -0.132. The van der Waals surface area contributed by atoms with Gasteiger partial charge in [0, 0.05) is 12.6 Å². The van der Waals surface area contributed by atoms with E-state index in [0.29, 0.717) is 17.5 Å². The number of nitrogens with zero attached hydrogens (tertiary/aromatic N) is 3. The van der Waals surface area contributed by atoms with Crippen molar-refractivity contribution < 1.29 is 14.1 Å². The Morgan fingerprint density at radius 1 is 1.07 bits per heavy atom. The number of rotatable bonds is 6. The van der Waals surface area contributed by atoms with Gasteiger partial charge in [0.15, 0.2) is 6.61 Å². The molecule has 0 spiro atoms. The third kappa shape index (κ3) is 4.73. The summed E-state index contributed by atoms with van der Waals surface area (Å²) in [5, 5.41) is 3.98. The lowest BCUT2D eigenvalue weighted by Crippen LogP contribution is -2.31. The summed E-state index contributed by atoms with van der Waals surface area (Å²) in [5.41, 5.74) is 4.36. The van der Waals surface area contributed by atoms with Crippen molar-refractivity contribution in [2.45, 2.75) is 27.3 Å². The van der Waals surface area contributed by atoms with Gasteiger partial charge in [-0.3, -0.25) is 4.79 Å². The molecule has 6 nitrogen and oxygen atoms in total. The van der Waals surface area contributed by atoms with Gasteiger partial charge >= 0.3 is 0 Å². The Morgan fingerprint density at radius 2 is 1.81 bits per heavy atom. The van der Waals surface area contributed by atoms with Gasteiger partial charge in [-0.2, -0.15) is 4.98 Å². The van der Waals surface area contributed by atoms with Crippen LogP contribution in [0.25, 0.3) is 11.4 Å². The van der Waals surface area contributed by atoms with Crippen molar-refractivity contribution in [2.75, 3.05) is 13.7 Å². The molecule has 1 heterocycles. The highest BCUT2D eigenvalue weighted by atomic mass is 16.5. The summed E-state index contributed by atoms with van der Waals surface area (Å²) >= 11 is 0. The first kappa shape index (κ1) is 18.6. The number of benzene rings is 2. The standard InChI is InChI=1S/C21H23N3O3/c1-14-5-8-17(9-6-14)21-22-19(27-23-21)12-24(4)20(25)13-26-18-10-7-15(2)16(3)11-18/h5-11H,12-13H2,1-4H3. The van der Waals surface area contributed by atoms with Crippen molar-refractivity contribution in [1.29, 1.82) is 0 Å². The van der Waals surface area contributed by atoms with Crippen LogP contribution in [0.2, 0.25) is 0 Å². The quantitative estimate of drug-likeness (QED) is 0.666.